The first-order valence-corrected chi connectivity index (χ1v) is 9.25. The van der Waals surface area contributed by atoms with Crippen LogP contribution in [-0.4, -0.2) is 11.7 Å². The van der Waals surface area contributed by atoms with Crippen molar-refractivity contribution in [1.29, 1.82) is 0 Å². The predicted octanol–water partition coefficient (Wildman–Crippen LogP) is 5.60. The second kappa shape index (κ2) is 6.48. The van der Waals surface area contributed by atoms with Gasteiger partial charge in [-0.2, -0.15) is 0 Å². The minimum atomic E-state index is -0.592. The number of hydrogen-bond acceptors (Lipinski definition) is 4. The first-order chi connectivity index (χ1) is 10.2. The number of rotatable bonds is 5. The fourth-order valence-electron chi connectivity index (χ4n) is 2.10. The molecule has 2 aromatic heterocycles. The van der Waals surface area contributed by atoms with Crippen molar-refractivity contribution in [1.82, 2.24) is 0 Å². The Hall–Kier alpha value is -0.880. The van der Waals surface area contributed by atoms with Gasteiger partial charge in [-0.05, 0) is 57.6 Å². The zero-order valence-corrected chi connectivity index (χ0v) is 14.7. The smallest absolute Gasteiger partial charge is 0.133 e. The molecule has 21 heavy (non-hydrogen) atoms. The van der Waals surface area contributed by atoms with E-state index in [4.69, 9.17) is 4.74 Å². The average molecular weight is 383 g/mol. The average Bonchev–Trinajstić information content (AvgIpc) is 3.06. The summed E-state index contributed by atoms with van der Waals surface area (Å²) in [4.78, 5) is 0.978. The Morgan fingerprint density at radius 1 is 1.24 bits per heavy atom. The molecule has 0 fully saturated rings. The van der Waals surface area contributed by atoms with Gasteiger partial charge in [-0.25, -0.2) is 0 Å². The number of ether oxygens (including phenoxy) is 1. The summed E-state index contributed by atoms with van der Waals surface area (Å²) in [6.45, 7) is 2.77. The standard InChI is InChI=1S/C16H15BrO2S2/c1-2-6-19-12-4-3-10(8-11(12)17)16(18)15-9-14-13(21-15)5-7-20-14/h3-5,7-9,16,18H,2,6H2,1H3. The second-order valence-corrected chi connectivity index (χ2v) is 7.66. The van der Waals surface area contributed by atoms with Crippen molar-refractivity contribution in [3.63, 3.8) is 0 Å². The molecule has 3 rings (SSSR count). The number of hydrogen-bond donors (Lipinski definition) is 1. The molecule has 2 heterocycles. The fraction of sp³-hybridized carbons (Fsp3) is 0.250. The molecular weight excluding hydrogens is 368 g/mol. The molecule has 0 aliphatic heterocycles. The van der Waals surface area contributed by atoms with Gasteiger partial charge < -0.3 is 9.84 Å². The van der Waals surface area contributed by atoms with Crippen LogP contribution in [-0.2, 0) is 0 Å². The van der Waals surface area contributed by atoms with E-state index in [9.17, 15) is 5.11 Å². The Bertz CT molecular complexity index is 719. The van der Waals surface area contributed by atoms with Crippen molar-refractivity contribution in [2.75, 3.05) is 6.61 Å². The quantitative estimate of drug-likeness (QED) is 0.622. The lowest BCUT2D eigenvalue weighted by Crippen LogP contribution is -1.99. The van der Waals surface area contributed by atoms with Gasteiger partial charge in [0.25, 0.3) is 0 Å². The van der Waals surface area contributed by atoms with Crippen LogP contribution in [0.25, 0.3) is 9.40 Å². The fourth-order valence-corrected chi connectivity index (χ4v) is 4.74. The molecule has 1 N–H and O–H groups in total. The Balaban J connectivity index is 1.85. The third-order valence-corrected chi connectivity index (χ3v) is 5.93. The normalized spacial score (nSPS) is 12.7. The van der Waals surface area contributed by atoms with E-state index >= 15 is 0 Å². The molecule has 5 heteroatoms. The summed E-state index contributed by atoms with van der Waals surface area (Å²) in [6, 6.07) is 9.94. The monoisotopic (exact) mass is 382 g/mol. The van der Waals surface area contributed by atoms with Gasteiger partial charge in [-0.1, -0.05) is 13.0 Å². The molecule has 0 radical (unpaired) electrons. The lowest BCUT2D eigenvalue weighted by molar-refractivity contribution is 0.224. The largest absolute Gasteiger partial charge is 0.492 e. The molecule has 110 valence electrons. The van der Waals surface area contributed by atoms with Gasteiger partial charge in [-0.3, -0.25) is 0 Å². The van der Waals surface area contributed by atoms with E-state index in [0.29, 0.717) is 6.61 Å². The lowest BCUT2D eigenvalue weighted by Gasteiger charge is -2.12. The van der Waals surface area contributed by atoms with Gasteiger partial charge in [0.2, 0.25) is 0 Å². The van der Waals surface area contributed by atoms with Gasteiger partial charge in [0, 0.05) is 14.3 Å². The number of aliphatic hydroxyl groups is 1. The molecule has 0 aliphatic carbocycles. The van der Waals surface area contributed by atoms with Gasteiger partial charge in [-0.15, -0.1) is 22.7 Å². The van der Waals surface area contributed by atoms with Crippen molar-refractivity contribution in [2.24, 2.45) is 0 Å². The second-order valence-electron chi connectivity index (χ2n) is 4.74. The molecule has 1 aromatic carbocycles. The van der Waals surface area contributed by atoms with Crippen molar-refractivity contribution in [3.05, 3.63) is 50.6 Å². The Morgan fingerprint density at radius 2 is 2.10 bits per heavy atom. The summed E-state index contributed by atoms with van der Waals surface area (Å²) in [7, 11) is 0. The zero-order valence-electron chi connectivity index (χ0n) is 11.5. The molecule has 0 amide bonds. The van der Waals surface area contributed by atoms with Crippen LogP contribution >= 0.6 is 38.6 Å². The lowest BCUT2D eigenvalue weighted by atomic mass is 10.1. The highest BCUT2D eigenvalue weighted by atomic mass is 79.9. The Morgan fingerprint density at radius 3 is 2.81 bits per heavy atom. The molecule has 0 bridgehead atoms. The summed E-state index contributed by atoms with van der Waals surface area (Å²) >= 11 is 6.86. The maximum atomic E-state index is 10.6. The van der Waals surface area contributed by atoms with Gasteiger partial charge in [0.05, 0.1) is 11.1 Å². The Kier molecular flexibility index (Phi) is 4.64. The molecule has 1 unspecified atom stereocenters. The van der Waals surface area contributed by atoms with Crippen LogP contribution in [0.5, 0.6) is 5.75 Å². The molecule has 0 saturated heterocycles. The molecular formula is C16H15BrO2S2. The third-order valence-electron chi connectivity index (χ3n) is 3.16. The zero-order chi connectivity index (χ0) is 14.8. The first kappa shape index (κ1) is 15.0. The van der Waals surface area contributed by atoms with E-state index < -0.39 is 6.10 Å². The summed E-state index contributed by atoms with van der Waals surface area (Å²) < 4.78 is 8.98. The summed E-state index contributed by atoms with van der Waals surface area (Å²) in [5.41, 5.74) is 0.875. The molecule has 2 nitrogen and oxygen atoms in total. The van der Waals surface area contributed by atoms with Crippen LogP contribution in [0, 0.1) is 0 Å². The molecule has 0 spiro atoms. The van der Waals surface area contributed by atoms with E-state index in [2.05, 4.69) is 40.4 Å². The number of benzene rings is 1. The van der Waals surface area contributed by atoms with Crippen molar-refractivity contribution in [2.45, 2.75) is 19.4 Å². The van der Waals surface area contributed by atoms with E-state index in [-0.39, 0.29) is 0 Å². The topological polar surface area (TPSA) is 29.5 Å². The first-order valence-electron chi connectivity index (χ1n) is 6.76. The minimum Gasteiger partial charge on any atom is -0.492 e. The van der Waals surface area contributed by atoms with E-state index in [0.717, 1.165) is 27.1 Å². The summed E-state index contributed by atoms with van der Waals surface area (Å²) in [5.74, 6) is 0.819. The number of aliphatic hydroxyl groups excluding tert-OH is 1. The van der Waals surface area contributed by atoms with Crippen LogP contribution in [0.3, 0.4) is 0 Å². The molecule has 0 aliphatic rings. The van der Waals surface area contributed by atoms with E-state index in [1.54, 1.807) is 22.7 Å². The maximum absolute atomic E-state index is 10.6. The highest BCUT2D eigenvalue weighted by molar-refractivity contribution is 9.10. The van der Waals surface area contributed by atoms with Crippen LogP contribution in [0.4, 0.5) is 0 Å². The van der Waals surface area contributed by atoms with Gasteiger partial charge in [0.15, 0.2) is 0 Å². The summed E-state index contributed by atoms with van der Waals surface area (Å²) in [5, 5.41) is 12.6. The van der Waals surface area contributed by atoms with Gasteiger partial charge >= 0.3 is 0 Å². The van der Waals surface area contributed by atoms with Crippen LogP contribution in [0.2, 0.25) is 0 Å². The maximum Gasteiger partial charge on any atom is 0.133 e. The van der Waals surface area contributed by atoms with Crippen molar-refractivity contribution >= 4 is 48.0 Å². The van der Waals surface area contributed by atoms with Crippen LogP contribution in [0.1, 0.15) is 29.9 Å². The van der Waals surface area contributed by atoms with Crippen LogP contribution in [0.15, 0.2) is 40.2 Å². The van der Waals surface area contributed by atoms with Crippen LogP contribution < -0.4 is 4.74 Å². The minimum absolute atomic E-state index is 0.592. The molecule has 3 aromatic rings. The highest BCUT2D eigenvalue weighted by Crippen LogP contribution is 2.37. The van der Waals surface area contributed by atoms with E-state index in [1.165, 1.54) is 9.40 Å². The third kappa shape index (κ3) is 3.16. The number of thiophene rings is 2. The van der Waals surface area contributed by atoms with E-state index in [1.807, 2.05) is 18.2 Å². The molecule has 1 atom stereocenters. The molecule has 0 saturated carbocycles. The SMILES string of the molecule is CCCOc1ccc(C(O)c2cc3sccc3s2)cc1Br. The van der Waals surface area contributed by atoms with Crippen molar-refractivity contribution < 1.29 is 9.84 Å². The number of fused-ring (bicyclic) bond motifs is 1. The predicted molar refractivity (Wildman–Crippen MR) is 93.7 cm³/mol. The van der Waals surface area contributed by atoms with Crippen molar-refractivity contribution in [3.8, 4) is 5.75 Å². The number of halogens is 1. The Labute approximate surface area is 140 Å². The highest BCUT2D eigenvalue weighted by Gasteiger charge is 2.16. The summed E-state index contributed by atoms with van der Waals surface area (Å²) in [6.07, 6.45) is 0.383. The van der Waals surface area contributed by atoms with Gasteiger partial charge in [0.1, 0.15) is 11.9 Å².